The molecule has 0 amide bonds. The Bertz CT molecular complexity index is 4740. The predicted octanol–water partition coefficient (Wildman–Crippen LogP) is 23.0. The second kappa shape index (κ2) is 24.3. The average molecular weight is 1200 g/mol. The molecule has 2 aliphatic heterocycles. The van der Waals surface area contributed by atoms with E-state index in [9.17, 15) is 0 Å². The van der Waals surface area contributed by atoms with Crippen molar-refractivity contribution in [3.05, 3.63) is 320 Å². The minimum Gasteiger partial charge on any atom is -0.310 e. The molecular weight excluding hydrogens is 1120 g/mol. The highest BCUT2D eigenvalue weighted by Gasteiger charge is 2.48. The molecule has 2 aliphatic rings. The van der Waals surface area contributed by atoms with E-state index < -0.39 is 0 Å². The largest absolute Gasteiger partial charge is 0.310 e. The highest BCUT2D eigenvalue weighted by molar-refractivity contribution is 7.02. The van der Waals surface area contributed by atoms with Gasteiger partial charge < -0.3 is 9.80 Å². The van der Waals surface area contributed by atoms with Gasteiger partial charge in [0.1, 0.15) is 0 Å². The van der Waals surface area contributed by atoms with E-state index in [1.165, 1.54) is 111 Å². The smallest absolute Gasteiger partial charge is 0.253 e. The third-order valence-corrected chi connectivity index (χ3v) is 19.3. The number of nitrogens with zero attached hydrogens (tertiary/aromatic N) is 2. The lowest BCUT2D eigenvalue weighted by Crippen LogP contribution is -2.62. The van der Waals surface area contributed by atoms with Gasteiger partial charge in [-0.25, -0.2) is 0 Å². The van der Waals surface area contributed by atoms with Crippen LogP contribution >= 0.6 is 0 Å². The highest BCUT2D eigenvalue weighted by Crippen LogP contribution is 2.56. The fraction of sp³-hybridized carbons (Fsp3) is 0.133. The summed E-state index contributed by atoms with van der Waals surface area (Å²) >= 11 is 0. The Morgan fingerprint density at radius 2 is 0.538 bits per heavy atom. The van der Waals surface area contributed by atoms with Gasteiger partial charge in [-0.15, -0.1) is 0 Å². The lowest BCUT2D eigenvalue weighted by molar-refractivity contribution is 0.590. The molecule has 0 unspecified atom stereocenters. The maximum atomic E-state index is 2.76. The van der Waals surface area contributed by atoms with E-state index in [0.29, 0.717) is 0 Å². The van der Waals surface area contributed by atoms with Gasteiger partial charge in [-0.2, -0.15) is 0 Å². The first-order valence-electron chi connectivity index (χ1n) is 33.3. The minimum atomic E-state index is -0.309. The lowest BCUT2D eigenvalue weighted by atomic mass is 9.31. The Morgan fingerprint density at radius 3 is 0.839 bits per heavy atom. The summed E-state index contributed by atoms with van der Waals surface area (Å²) in [5.74, 6) is 0. The Morgan fingerprint density at radius 1 is 0.269 bits per heavy atom. The van der Waals surface area contributed by atoms with Crippen LogP contribution in [-0.4, -0.2) is 6.71 Å². The van der Waals surface area contributed by atoms with E-state index in [-0.39, 0.29) is 17.5 Å². The van der Waals surface area contributed by atoms with Crippen molar-refractivity contribution in [3.8, 4) is 89.0 Å². The summed E-state index contributed by atoms with van der Waals surface area (Å²) in [6, 6.07) is 115. The average Bonchev–Trinajstić information content (AvgIpc) is 0.681. The molecule has 0 radical (unpaired) electrons. The van der Waals surface area contributed by atoms with Gasteiger partial charge in [0.05, 0.1) is 11.4 Å². The highest BCUT2D eigenvalue weighted by atomic mass is 15.2. The predicted molar refractivity (Wildman–Crippen MR) is 400 cm³/mol. The summed E-state index contributed by atoms with van der Waals surface area (Å²) in [5, 5.41) is 0. The van der Waals surface area contributed by atoms with Crippen molar-refractivity contribution in [3.63, 3.8) is 0 Å². The first-order valence-corrected chi connectivity index (χ1v) is 33.3. The van der Waals surface area contributed by atoms with Crippen molar-refractivity contribution < 1.29 is 0 Å². The summed E-state index contributed by atoms with van der Waals surface area (Å²) in [4.78, 5) is 5.51. The van der Waals surface area contributed by atoms with Crippen LogP contribution in [-0.2, 0) is 17.3 Å². The van der Waals surface area contributed by atoms with Gasteiger partial charge in [0.15, 0.2) is 0 Å². The van der Waals surface area contributed by atoms with E-state index in [2.05, 4.69) is 362 Å². The van der Waals surface area contributed by atoms with Crippen molar-refractivity contribution >= 4 is 57.2 Å². The molecule has 450 valence electrons. The quantitative estimate of drug-likeness (QED) is 0.106. The number of benzene rings is 13. The van der Waals surface area contributed by atoms with Crippen molar-refractivity contribution in [1.82, 2.24) is 0 Å². The Labute approximate surface area is 551 Å². The van der Waals surface area contributed by atoms with Crippen molar-refractivity contribution in [1.29, 1.82) is 0 Å². The maximum Gasteiger partial charge on any atom is 0.253 e. The number of hydrogen-bond acceptors (Lipinski definition) is 2. The van der Waals surface area contributed by atoms with E-state index in [0.717, 1.165) is 64.3 Å². The molecule has 2 nitrogen and oxygen atoms in total. The van der Waals surface area contributed by atoms with Crippen molar-refractivity contribution in [2.24, 2.45) is 0 Å². The van der Waals surface area contributed by atoms with Crippen LogP contribution in [0, 0.1) is 0 Å². The van der Waals surface area contributed by atoms with E-state index in [1.54, 1.807) is 0 Å². The lowest BCUT2D eigenvalue weighted by Gasteiger charge is -2.48. The molecule has 0 aliphatic carbocycles. The minimum absolute atomic E-state index is 0.182. The van der Waals surface area contributed by atoms with Crippen molar-refractivity contribution in [2.45, 2.75) is 78.6 Å². The second-order valence-corrected chi connectivity index (χ2v) is 27.4. The van der Waals surface area contributed by atoms with E-state index >= 15 is 0 Å². The molecule has 0 spiro atoms. The maximum absolute atomic E-state index is 2.76. The molecule has 13 aromatic rings. The van der Waals surface area contributed by atoms with Crippen LogP contribution in [0.1, 0.15) is 78.0 Å². The number of fused-ring (bicyclic) bond motifs is 4. The molecule has 0 aromatic heterocycles. The monoisotopic (exact) mass is 1200 g/mol. The summed E-state index contributed by atoms with van der Waals surface area (Å²) < 4.78 is 0. The van der Waals surface area contributed by atoms with Gasteiger partial charge in [-0.3, -0.25) is 0 Å². The fourth-order valence-corrected chi connectivity index (χ4v) is 14.6. The number of rotatable bonds is 13. The van der Waals surface area contributed by atoms with E-state index in [4.69, 9.17) is 0 Å². The summed E-state index contributed by atoms with van der Waals surface area (Å²) in [5.41, 5.74) is 33.0. The standard InChI is InChI=1S/C90H77BN2/c1-8-9-34-61-51-76(66-43-26-14-27-44-66)87(77(52-61)67-45-28-15-29-46-67)92-80-55-70(62-35-18-10-19-36-62)53-74(64-39-22-12-23-40-64)84(80)91-85-75(65-41-24-13-25-42-65)54-71(63-37-20-11-21-38-63)56-81(85)93(83-60-73(90(5,6)7)59-82(92)86(83)91)88-78(68-47-30-16-31-48-68)57-72(89(2,3)4)58-79(88)69-49-32-17-33-50-69/h10-33,35-60H,8-9,34H2,1-7H3. The van der Waals surface area contributed by atoms with Gasteiger partial charge in [0, 0.05) is 45.0 Å². The first-order chi connectivity index (χ1) is 45.4. The molecule has 3 heteroatoms. The van der Waals surface area contributed by atoms with Crippen LogP contribution in [0.2, 0.25) is 0 Å². The Kier molecular flexibility index (Phi) is 15.4. The van der Waals surface area contributed by atoms with Crippen LogP contribution in [0.5, 0.6) is 0 Å². The van der Waals surface area contributed by atoms with Crippen LogP contribution in [0.4, 0.5) is 34.1 Å². The molecular formula is C90H77BN2. The van der Waals surface area contributed by atoms with Crippen LogP contribution in [0.15, 0.2) is 303 Å². The number of aryl methyl sites for hydroxylation is 1. The first kappa shape index (κ1) is 58.9. The summed E-state index contributed by atoms with van der Waals surface area (Å²) in [6.07, 6.45) is 3.17. The summed E-state index contributed by atoms with van der Waals surface area (Å²) in [6.45, 7) is 16.3. The van der Waals surface area contributed by atoms with Crippen molar-refractivity contribution in [2.75, 3.05) is 9.80 Å². The molecule has 93 heavy (non-hydrogen) atoms. The van der Waals surface area contributed by atoms with Crippen LogP contribution < -0.4 is 26.2 Å². The van der Waals surface area contributed by atoms with Gasteiger partial charge >= 0.3 is 0 Å². The normalized spacial score (nSPS) is 12.5. The molecule has 15 rings (SSSR count). The van der Waals surface area contributed by atoms with Gasteiger partial charge in [0.25, 0.3) is 6.71 Å². The number of anilines is 6. The van der Waals surface area contributed by atoms with Gasteiger partial charge in [-0.1, -0.05) is 298 Å². The van der Waals surface area contributed by atoms with Gasteiger partial charge in [0.2, 0.25) is 0 Å². The van der Waals surface area contributed by atoms with Crippen LogP contribution in [0.3, 0.4) is 0 Å². The Hall–Kier alpha value is -10.5. The third-order valence-electron chi connectivity index (χ3n) is 19.3. The summed E-state index contributed by atoms with van der Waals surface area (Å²) in [7, 11) is 0. The molecule has 2 heterocycles. The molecule has 0 atom stereocenters. The zero-order chi connectivity index (χ0) is 63.4. The Balaban J connectivity index is 1.21. The van der Waals surface area contributed by atoms with Gasteiger partial charge in [-0.05, 0) is 184 Å². The third kappa shape index (κ3) is 10.9. The SMILES string of the molecule is CCCCc1cc(-c2ccccc2)c(N2c3cc(-c4ccccc4)cc(-c4ccccc4)c3B3c4c(-c5ccccc5)cc(-c5ccccc5)cc4N(c4c(-c5ccccc5)cc(C(C)(C)C)cc4-c4ccccc4)c4cc(C(C)(C)C)cc2c43)c(-c2ccccc2)c1. The van der Waals surface area contributed by atoms with Crippen LogP contribution in [0.25, 0.3) is 89.0 Å². The second-order valence-electron chi connectivity index (χ2n) is 27.4. The molecule has 0 saturated heterocycles. The number of hydrogen-bond donors (Lipinski definition) is 0. The zero-order valence-electron chi connectivity index (χ0n) is 54.5. The molecule has 13 aromatic carbocycles. The topological polar surface area (TPSA) is 6.48 Å². The van der Waals surface area contributed by atoms with E-state index in [1.807, 2.05) is 0 Å². The number of unbranched alkanes of at least 4 members (excludes halogenated alkanes) is 1. The zero-order valence-corrected chi connectivity index (χ0v) is 54.5. The molecule has 0 saturated carbocycles. The molecule has 0 N–H and O–H groups in total. The fourth-order valence-electron chi connectivity index (χ4n) is 14.6. The molecule has 0 bridgehead atoms. The molecule has 0 fully saturated rings.